The average Bonchev–Trinajstić information content (AvgIpc) is 3.09. The Morgan fingerprint density at radius 1 is 1.20 bits per heavy atom. The molecule has 4 nitrogen and oxygen atoms in total. The molecule has 0 spiro atoms. The second kappa shape index (κ2) is 3.59. The number of nitrogens with zero attached hydrogens (tertiary/aromatic N) is 3. The van der Waals surface area contributed by atoms with Crippen molar-refractivity contribution >= 4 is 0 Å². The molecule has 3 rings (SSSR count). The molecule has 1 N–H and O–H groups in total. The van der Waals surface area contributed by atoms with Gasteiger partial charge in [0.15, 0.2) is 0 Å². The van der Waals surface area contributed by atoms with E-state index in [-0.39, 0.29) is 6.61 Å². The van der Waals surface area contributed by atoms with Crippen LogP contribution in [0.4, 0.5) is 0 Å². The molecule has 15 heavy (non-hydrogen) atoms. The van der Waals surface area contributed by atoms with E-state index in [0.29, 0.717) is 0 Å². The Morgan fingerprint density at radius 3 is 2.53 bits per heavy atom. The van der Waals surface area contributed by atoms with Crippen LogP contribution in [0.3, 0.4) is 0 Å². The van der Waals surface area contributed by atoms with Gasteiger partial charge >= 0.3 is 0 Å². The lowest BCUT2D eigenvalue weighted by atomic mass is 10.2. The van der Waals surface area contributed by atoms with Gasteiger partial charge < -0.3 is 5.11 Å². The molecule has 4 heteroatoms. The lowest BCUT2D eigenvalue weighted by molar-refractivity contribution is 0.275. The molecule has 2 saturated carbocycles. The summed E-state index contributed by atoms with van der Waals surface area (Å²) >= 11 is 0. The van der Waals surface area contributed by atoms with Gasteiger partial charge in [0.05, 0.1) is 12.3 Å². The minimum Gasteiger partial charge on any atom is -0.390 e. The van der Waals surface area contributed by atoms with E-state index in [0.717, 1.165) is 30.5 Å². The molecule has 2 aliphatic carbocycles. The maximum Gasteiger partial charge on any atom is 0.111 e. The smallest absolute Gasteiger partial charge is 0.111 e. The predicted octanol–water partition coefficient (Wildman–Crippen LogP) is 1.13. The first-order chi connectivity index (χ1) is 7.36. The van der Waals surface area contributed by atoms with Gasteiger partial charge in [-0.15, -0.1) is 5.10 Å². The molecule has 2 aliphatic rings. The number of aromatic nitrogens is 3. The largest absolute Gasteiger partial charge is 0.390 e. The van der Waals surface area contributed by atoms with Crippen LogP contribution in [0.1, 0.15) is 37.1 Å². The molecule has 0 aliphatic heterocycles. The maximum atomic E-state index is 9.20. The van der Waals surface area contributed by atoms with Crippen molar-refractivity contribution in [3.05, 3.63) is 11.4 Å². The van der Waals surface area contributed by atoms with E-state index in [9.17, 15) is 5.11 Å². The van der Waals surface area contributed by atoms with Crippen LogP contribution in [-0.4, -0.2) is 20.1 Å². The molecule has 2 fully saturated rings. The minimum atomic E-state index is 0.0344. The van der Waals surface area contributed by atoms with Crippen molar-refractivity contribution in [3.8, 4) is 0 Å². The molecule has 0 aromatic carbocycles. The van der Waals surface area contributed by atoms with Gasteiger partial charge in [0.2, 0.25) is 0 Å². The number of aliphatic hydroxyl groups excluding tert-OH is 1. The van der Waals surface area contributed by atoms with Gasteiger partial charge in [-0.25, -0.2) is 4.68 Å². The molecule has 0 bridgehead atoms. The first-order valence-electron chi connectivity index (χ1n) is 5.89. The summed E-state index contributed by atoms with van der Waals surface area (Å²) in [6, 6.07) is 0. The maximum absolute atomic E-state index is 9.20. The van der Waals surface area contributed by atoms with Crippen molar-refractivity contribution < 1.29 is 5.11 Å². The first-order valence-corrected chi connectivity index (χ1v) is 5.89. The van der Waals surface area contributed by atoms with Crippen molar-refractivity contribution in [2.45, 2.75) is 45.3 Å². The molecule has 1 aromatic heterocycles. The summed E-state index contributed by atoms with van der Waals surface area (Å²) in [4.78, 5) is 0. The summed E-state index contributed by atoms with van der Waals surface area (Å²) in [6.07, 6.45) is 6.39. The lowest BCUT2D eigenvalue weighted by Gasteiger charge is -2.05. The van der Waals surface area contributed by atoms with Gasteiger partial charge in [-0.3, -0.25) is 0 Å². The summed E-state index contributed by atoms with van der Waals surface area (Å²) in [7, 11) is 0. The Bertz CT molecular complexity index is 353. The van der Waals surface area contributed by atoms with E-state index in [1.54, 1.807) is 0 Å². The minimum absolute atomic E-state index is 0.0344. The highest BCUT2D eigenvalue weighted by molar-refractivity contribution is 5.11. The summed E-state index contributed by atoms with van der Waals surface area (Å²) in [5.41, 5.74) is 1.98. The van der Waals surface area contributed by atoms with E-state index >= 15 is 0 Å². The van der Waals surface area contributed by atoms with Gasteiger partial charge in [-0.2, -0.15) is 0 Å². The van der Waals surface area contributed by atoms with Crippen LogP contribution in [0.5, 0.6) is 0 Å². The van der Waals surface area contributed by atoms with Crippen LogP contribution in [0.25, 0.3) is 0 Å². The Labute approximate surface area is 89.3 Å². The highest BCUT2D eigenvalue weighted by Gasteiger charge is 2.28. The van der Waals surface area contributed by atoms with Crippen LogP contribution < -0.4 is 0 Å². The molecule has 0 saturated heterocycles. The molecule has 82 valence electrons. The van der Waals surface area contributed by atoms with Crippen molar-refractivity contribution in [2.24, 2.45) is 11.8 Å². The fourth-order valence-electron chi connectivity index (χ4n) is 2.00. The summed E-state index contributed by atoms with van der Waals surface area (Å²) in [6.45, 7) is 1.04. The second-order valence-corrected chi connectivity index (χ2v) is 4.91. The van der Waals surface area contributed by atoms with Crippen LogP contribution >= 0.6 is 0 Å². The molecule has 0 radical (unpaired) electrons. The number of hydrogen-bond donors (Lipinski definition) is 1. The highest BCUT2D eigenvalue weighted by atomic mass is 16.3. The monoisotopic (exact) mass is 207 g/mol. The van der Waals surface area contributed by atoms with Crippen LogP contribution in [0.15, 0.2) is 0 Å². The van der Waals surface area contributed by atoms with E-state index in [1.165, 1.54) is 31.4 Å². The van der Waals surface area contributed by atoms with E-state index < -0.39 is 0 Å². The quantitative estimate of drug-likeness (QED) is 0.787. The Hall–Kier alpha value is -0.900. The molecule has 1 aromatic rings. The van der Waals surface area contributed by atoms with Crippen LogP contribution in [0.2, 0.25) is 0 Å². The molecule has 0 amide bonds. The summed E-state index contributed by atoms with van der Waals surface area (Å²) in [5, 5.41) is 17.4. The van der Waals surface area contributed by atoms with Gasteiger partial charge in [0.25, 0.3) is 0 Å². The third-order valence-corrected chi connectivity index (χ3v) is 3.37. The van der Waals surface area contributed by atoms with E-state index in [4.69, 9.17) is 0 Å². The zero-order valence-corrected chi connectivity index (χ0v) is 8.89. The first kappa shape index (κ1) is 9.33. The highest BCUT2D eigenvalue weighted by Crippen LogP contribution is 2.35. The van der Waals surface area contributed by atoms with Crippen LogP contribution in [-0.2, 0) is 19.6 Å². The molecular formula is C11H17N3O. The molecule has 0 unspecified atom stereocenters. The second-order valence-electron chi connectivity index (χ2n) is 4.91. The van der Waals surface area contributed by atoms with Crippen molar-refractivity contribution in [1.29, 1.82) is 0 Å². The summed E-state index contributed by atoms with van der Waals surface area (Å²) < 4.78 is 2.03. The Morgan fingerprint density at radius 2 is 1.93 bits per heavy atom. The van der Waals surface area contributed by atoms with Gasteiger partial charge in [-0.1, -0.05) is 5.21 Å². The topological polar surface area (TPSA) is 50.9 Å². The standard InChI is InChI=1S/C11H17N3O/c15-7-10-11(5-8-1-2-8)14(13-12-10)6-9-3-4-9/h8-9,15H,1-7H2. The van der Waals surface area contributed by atoms with Crippen molar-refractivity contribution in [2.75, 3.05) is 0 Å². The lowest BCUT2D eigenvalue weighted by Crippen LogP contribution is -2.08. The number of rotatable bonds is 5. The normalized spacial score (nSPS) is 20.9. The SMILES string of the molecule is OCc1nnn(CC2CC2)c1CC1CC1. The molecule has 0 atom stereocenters. The number of hydrogen-bond acceptors (Lipinski definition) is 3. The predicted molar refractivity (Wildman–Crippen MR) is 55.1 cm³/mol. The zero-order valence-electron chi connectivity index (χ0n) is 8.89. The molecule has 1 heterocycles. The third kappa shape index (κ3) is 2.04. The third-order valence-electron chi connectivity index (χ3n) is 3.37. The fraction of sp³-hybridized carbons (Fsp3) is 0.818. The van der Waals surface area contributed by atoms with Crippen LogP contribution in [0, 0.1) is 11.8 Å². The Kier molecular flexibility index (Phi) is 2.24. The summed E-state index contributed by atoms with van der Waals surface area (Å²) in [5.74, 6) is 1.64. The van der Waals surface area contributed by atoms with Gasteiger partial charge in [0.1, 0.15) is 5.69 Å². The fourth-order valence-corrected chi connectivity index (χ4v) is 2.00. The zero-order chi connectivity index (χ0) is 10.3. The van der Waals surface area contributed by atoms with Gasteiger partial charge in [-0.05, 0) is 43.9 Å². The average molecular weight is 207 g/mol. The van der Waals surface area contributed by atoms with Crippen molar-refractivity contribution in [1.82, 2.24) is 15.0 Å². The number of aliphatic hydroxyl groups is 1. The molecular weight excluding hydrogens is 190 g/mol. The van der Waals surface area contributed by atoms with E-state index in [2.05, 4.69) is 10.3 Å². The van der Waals surface area contributed by atoms with E-state index in [1.807, 2.05) is 4.68 Å². The van der Waals surface area contributed by atoms with Gasteiger partial charge in [0, 0.05) is 6.54 Å². The van der Waals surface area contributed by atoms with Crippen molar-refractivity contribution in [3.63, 3.8) is 0 Å². The Balaban J connectivity index is 1.79.